The first-order valence-electron chi connectivity index (χ1n) is 12.9. The molecule has 1 aromatic rings. The smallest absolute Gasteiger partial charge is 0.318 e. The summed E-state index contributed by atoms with van der Waals surface area (Å²) >= 11 is 0. The number of carbonyl (C=O) groups is 1. The number of rotatable bonds is 12. The van der Waals surface area contributed by atoms with Crippen molar-refractivity contribution < 1.29 is 19.0 Å². The SMILES string of the molecule is CCCN(CCCC(=O)OC(C)(C)C)c1nc(OCCCN2CCOCC2)nc2c1CCNC2. The van der Waals surface area contributed by atoms with Gasteiger partial charge in [-0.2, -0.15) is 9.97 Å². The molecule has 0 spiro atoms. The summed E-state index contributed by atoms with van der Waals surface area (Å²) < 4.78 is 16.9. The Labute approximate surface area is 204 Å². The molecule has 0 saturated carbocycles. The number of anilines is 1. The topological polar surface area (TPSA) is 89.1 Å². The van der Waals surface area contributed by atoms with E-state index in [1.54, 1.807) is 0 Å². The largest absolute Gasteiger partial charge is 0.463 e. The molecule has 3 heterocycles. The van der Waals surface area contributed by atoms with Gasteiger partial charge in [-0.3, -0.25) is 9.69 Å². The summed E-state index contributed by atoms with van der Waals surface area (Å²) in [6.07, 6.45) is 3.95. The Morgan fingerprint density at radius 3 is 2.71 bits per heavy atom. The predicted molar refractivity (Wildman–Crippen MR) is 132 cm³/mol. The molecule has 1 aromatic heterocycles. The molecule has 3 rings (SSSR count). The van der Waals surface area contributed by atoms with E-state index in [-0.39, 0.29) is 5.97 Å². The number of aromatic nitrogens is 2. The van der Waals surface area contributed by atoms with Crippen LogP contribution in [0.5, 0.6) is 6.01 Å². The fraction of sp³-hybridized carbons (Fsp3) is 0.800. The van der Waals surface area contributed by atoms with Gasteiger partial charge in [0.25, 0.3) is 0 Å². The number of nitrogens with one attached hydrogen (secondary N) is 1. The fourth-order valence-electron chi connectivity index (χ4n) is 4.32. The van der Waals surface area contributed by atoms with Crippen molar-refractivity contribution in [1.29, 1.82) is 0 Å². The molecule has 9 nitrogen and oxygen atoms in total. The van der Waals surface area contributed by atoms with Crippen molar-refractivity contribution >= 4 is 11.8 Å². The van der Waals surface area contributed by atoms with E-state index >= 15 is 0 Å². The minimum Gasteiger partial charge on any atom is -0.463 e. The zero-order chi connectivity index (χ0) is 24.4. The lowest BCUT2D eigenvalue weighted by atomic mass is 10.1. The summed E-state index contributed by atoms with van der Waals surface area (Å²) in [5.74, 6) is 0.808. The second-order valence-corrected chi connectivity index (χ2v) is 10.0. The first-order chi connectivity index (χ1) is 16.4. The Morgan fingerprint density at radius 2 is 1.97 bits per heavy atom. The Morgan fingerprint density at radius 1 is 1.18 bits per heavy atom. The molecule has 34 heavy (non-hydrogen) atoms. The highest BCUT2D eigenvalue weighted by molar-refractivity contribution is 5.69. The molecule has 1 saturated heterocycles. The highest BCUT2D eigenvalue weighted by atomic mass is 16.6. The average Bonchev–Trinajstić information content (AvgIpc) is 2.80. The van der Waals surface area contributed by atoms with E-state index in [4.69, 9.17) is 24.2 Å². The van der Waals surface area contributed by atoms with Gasteiger partial charge < -0.3 is 24.4 Å². The van der Waals surface area contributed by atoms with Crippen molar-refractivity contribution in [2.75, 3.05) is 64.0 Å². The summed E-state index contributed by atoms with van der Waals surface area (Å²) in [7, 11) is 0. The summed E-state index contributed by atoms with van der Waals surface area (Å²) in [5, 5.41) is 3.41. The maximum absolute atomic E-state index is 12.2. The van der Waals surface area contributed by atoms with Crippen LogP contribution in [0.2, 0.25) is 0 Å². The lowest BCUT2D eigenvalue weighted by Crippen LogP contribution is -2.37. The van der Waals surface area contributed by atoms with E-state index in [1.807, 2.05) is 20.8 Å². The van der Waals surface area contributed by atoms with E-state index in [2.05, 4.69) is 22.0 Å². The van der Waals surface area contributed by atoms with Gasteiger partial charge in [0.1, 0.15) is 11.4 Å². The summed E-state index contributed by atoms with van der Waals surface area (Å²) in [4.78, 5) is 26.5. The van der Waals surface area contributed by atoms with Gasteiger partial charge in [0.05, 0.1) is 25.5 Å². The van der Waals surface area contributed by atoms with Gasteiger partial charge in [-0.05, 0) is 53.0 Å². The molecule has 1 fully saturated rings. The molecule has 0 aliphatic carbocycles. The van der Waals surface area contributed by atoms with E-state index < -0.39 is 5.60 Å². The molecular formula is C25H43N5O4. The van der Waals surface area contributed by atoms with Crippen LogP contribution in [0.15, 0.2) is 0 Å². The van der Waals surface area contributed by atoms with Gasteiger partial charge in [-0.15, -0.1) is 0 Å². The Kier molecular flexibility index (Phi) is 10.3. The highest BCUT2D eigenvalue weighted by Crippen LogP contribution is 2.27. The van der Waals surface area contributed by atoms with Gasteiger partial charge in [0.15, 0.2) is 0 Å². The number of carbonyl (C=O) groups excluding carboxylic acids is 1. The van der Waals surface area contributed by atoms with Crippen LogP contribution in [0.4, 0.5) is 5.82 Å². The van der Waals surface area contributed by atoms with Crippen LogP contribution in [0, 0.1) is 0 Å². The minimum absolute atomic E-state index is 0.151. The van der Waals surface area contributed by atoms with Gasteiger partial charge in [0, 0.05) is 51.3 Å². The number of ether oxygens (including phenoxy) is 3. The van der Waals surface area contributed by atoms with Gasteiger partial charge >= 0.3 is 12.0 Å². The molecule has 0 bridgehead atoms. The van der Waals surface area contributed by atoms with Crippen LogP contribution in [0.1, 0.15) is 64.6 Å². The van der Waals surface area contributed by atoms with E-state index in [0.717, 1.165) is 96.2 Å². The molecular weight excluding hydrogens is 434 g/mol. The maximum Gasteiger partial charge on any atom is 0.318 e. The van der Waals surface area contributed by atoms with E-state index in [0.29, 0.717) is 19.0 Å². The lowest BCUT2D eigenvalue weighted by molar-refractivity contribution is -0.154. The number of hydrogen-bond donors (Lipinski definition) is 1. The Balaban J connectivity index is 1.62. The number of fused-ring (bicyclic) bond motifs is 1. The molecule has 2 aliphatic rings. The molecule has 0 aromatic carbocycles. The molecule has 192 valence electrons. The van der Waals surface area contributed by atoms with Crippen LogP contribution in [0.25, 0.3) is 0 Å². The zero-order valence-electron chi connectivity index (χ0n) is 21.5. The Bertz CT molecular complexity index is 777. The lowest BCUT2D eigenvalue weighted by Gasteiger charge is -2.29. The predicted octanol–water partition coefficient (Wildman–Crippen LogP) is 2.56. The normalized spacial score (nSPS) is 16.7. The molecule has 0 unspecified atom stereocenters. The standard InChI is InChI=1S/C25H43N5O4/c1-5-11-30(13-6-8-22(31)34-25(2,3)4)23-20-9-10-26-19-21(20)27-24(28-23)33-16-7-12-29-14-17-32-18-15-29/h26H,5-19H2,1-4H3. The fourth-order valence-corrected chi connectivity index (χ4v) is 4.32. The third-order valence-corrected chi connectivity index (χ3v) is 5.87. The van der Waals surface area contributed by atoms with Crippen molar-refractivity contribution in [3.63, 3.8) is 0 Å². The van der Waals surface area contributed by atoms with E-state index in [1.165, 1.54) is 5.56 Å². The van der Waals surface area contributed by atoms with Crippen molar-refractivity contribution in [2.45, 2.75) is 71.9 Å². The maximum atomic E-state index is 12.2. The van der Waals surface area contributed by atoms with E-state index in [9.17, 15) is 4.79 Å². The minimum atomic E-state index is -0.451. The zero-order valence-corrected chi connectivity index (χ0v) is 21.5. The number of hydrogen-bond acceptors (Lipinski definition) is 9. The second kappa shape index (κ2) is 13.2. The third kappa shape index (κ3) is 8.67. The monoisotopic (exact) mass is 477 g/mol. The first kappa shape index (κ1) is 26.6. The molecule has 1 N–H and O–H groups in total. The van der Waals surface area contributed by atoms with Crippen molar-refractivity contribution in [2.24, 2.45) is 0 Å². The van der Waals surface area contributed by atoms with Crippen LogP contribution < -0.4 is 15.0 Å². The first-order valence-corrected chi connectivity index (χ1v) is 12.9. The molecule has 2 aliphatic heterocycles. The average molecular weight is 478 g/mol. The van der Waals surface area contributed by atoms with Crippen molar-refractivity contribution in [3.05, 3.63) is 11.3 Å². The molecule has 0 radical (unpaired) electrons. The van der Waals surface area contributed by atoms with Crippen molar-refractivity contribution in [1.82, 2.24) is 20.2 Å². The van der Waals surface area contributed by atoms with Crippen molar-refractivity contribution in [3.8, 4) is 6.01 Å². The molecule has 0 atom stereocenters. The number of morpholine rings is 1. The van der Waals surface area contributed by atoms with Gasteiger partial charge in [-0.1, -0.05) is 6.92 Å². The number of nitrogens with zero attached hydrogens (tertiary/aromatic N) is 4. The van der Waals surface area contributed by atoms with Gasteiger partial charge in [-0.25, -0.2) is 0 Å². The van der Waals surface area contributed by atoms with Crippen LogP contribution >= 0.6 is 0 Å². The third-order valence-electron chi connectivity index (χ3n) is 5.87. The highest BCUT2D eigenvalue weighted by Gasteiger charge is 2.23. The summed E-state index contributed by atoms with van der Waals surface area (Å²) in [5.41, 5.74) is 1.77. The van der Waals surface area contributed by atoms with Gasteiger partial charge in [0.2, 0.25) is 0 Å². The van der Waals surface area contributed by atoms with Crippen LogP contribution in [0.3, 0.4) is 0 Å². The number of esters is 1. The second-order valence-electron chi connectivity index (χ2n) is 10.0. The quantitative estimate of drug-likeness (QED) is 0.360. The molecule has 9 heteroatoms. The molecule has 0 amide bonds. The Hall–Kier alpha value is -1.97. The summed E-state index contributed by atoms with van der Waals surface area (Å²) in [6.45, 7) is 16.3. The summed E-state index contributed by atoms with van der Waals surface area (Å²) in [6, 6.07) is 0.452. The van der Waals surface area contributed by atoms with Crippen LogP contribution in [-0.2, 0) is 27.2 Å². The van der Waals surface area contributed by atoms with Crippen LogP contribution in [-0.4, -0.2) is 85.5 Å².